The number of aromatic nitrogens is 3. The number of nitro benzene ring substituents is 1. The molecule has 0 aliphatic heterocycles. The number of nitro groups is 1. The fourth-order valence-corrected chi connectivity index (χ4v) is 2.63. The van der Waals surface area contributed by atoms with E-state index in [0.29, 0.717) is 17.1 Å². The Balaban J connectivity index is 1.99. The number of nitrogens with one attached hydrogen (secondary N) is 1. The van der Waals surface area contributed by atoms with E-state index in [-0.39, 0.29) is 16.6 Å². The van der Waals surface area contributed by atoms with Crippen LogP contribution in [0.1, 0.15) is 19.4 Å². The standard InChI is InChI=1S/C18H17N5O3S/c1-12(2)26-15-8-5-7-13(10-15)17-20-21-18(27)22(17)19-11-14-6-3-4-9-16(14)23(24)25/h3-12H,1-2H3,(H,21,27)/b19-11+. The minimum atomic E-state index is -0.455. The van der Waals surface area contributed by atoms with Crippen molar-refractivity contribution in [2.24, 2.45) is 5.10 Å². The number of hydrogen-bond donors (Lipinski definition) is 1. The summed E-state index contributed by atoms with van der Waals surface area (Å²) in [6.07, 6.45) is 1.43. The van der Waals surface area contributed by atoms with E-state index in [4.69, 9.17) is 17.0 Å². The van der Waals surface area contributed by atoms with E-state index < -0.39 is 4.92 Å². The Morgan fingerprint density at radius 2 is 2.07 bits per heavy atom. The highest BCUT2D eigenvalue weighted by atomic mass is 32.1. The molecule has 0 amide bonds. The number of hydrogen-bond acceptors (Lipinski definition) is 6. The molecule has 0 saturated carbocycles. The fraction of sp³-hybridized carbons (Fsp3) is 0.167. The molecule has 0 unspecified atom stereocenters. The van der Waals surface area contributed by atoms with Crippen LogP contribution in [-0.4, -0.2) is 32.1 Å². The van der Waals surface area contributed by atoms with Crippen molar-refractivity contribution in [1.82, 2.24) is 14.9 Å². The summed E-state index contributed by atoms with van der Waals surface area (Å²) in [6, 6.07) is 13.7. The number of rotatable bonds is 6. The smallest absolute Gasteiger partial charge is 0.278 e. The molecule has 0 saturated heterocycles. The maximum absolute atomic E-state index is 11.1. The second-order valence-electron chi connectivity index (χ2n) is 5.92. The number of benzene rings is 2. The van der Waals surface area contributed by atoms with Gasteiger partial charge in [0.15, 0.2) is 5.82 Å². The van der Waals surface area contributed by atoms with Crippen LogP contribution < -0.4 is 4.74 Å². The lowest BCUT2D eigenvalue weighted by molar-refractivity contribution is -0.385. The van der Waals surface area contributed by atoms with Gasteiger partial charge in [0.1, 0.15) is 5.75 Å². The molecule has 0 bridgehead atoms. The average molecular weight is 383 g/mol. The largest absolute Gasteiger partial charge is 0.491 e. The lowest BCUT2D eigenvalue weighted by atomic mass is 10.2. The Morgan fingerprint density at radius 1 is 1.30 bits per heavy atom. The molecule has 27 heavy (non-hydrogen) atoms. The second-order valence-corrected chi connectivity index (χ2v) is 6.31. The highest BCUT2D eigenvalue weighted by molar-refractivity contribution is 7.71. The second kappa shape index (κ2) is 7.92. The van der Waals surface area contributed by atoms with Gasteiger partial charge in [-0.3, -0.25) is 10.1 Å². The van der Waals surface area contributed by atoms with Crippen LogP contribution in [0.25, 0.3) is 11.4 Å². The van der Waals surface area contributed by atoms with Crippen LogP contribution in [0.4, 0.5) is 5.69 Å². The zero-order valence-electron chi connectivity index (χ0n) is 14.7. The minimum Gasteiger partial charge on any atom is -0.491 e. The van der Waals surface area contributed by atoms with Crippen molar-refractivity contribution in [2.45, 2.75) is 20.0 Å². The summed E-state index contributed by atoms with van der Waals surface area (Å²) < 4.78 is 7.40. The number of aromatic amines is 1. The Morgan fingerprint density at radius 3 is 2.81 bits per heavy atom. The van der Waals surface area contributed by atoms with E-state index in [1.165, 1.54) is 17.0 Å². The Kier molecular flexibility index (Phi) is 5.41. The van der Waals surface area contributed by atoms with Gasteiger partial charge in [-0.15, -0.1) is 0 Å². The van der Waals surface area contributed by atoms with Crippen LogP contribution in [0, 0.1) is 14.9 Å². The maximum atomic E-state index is 11.1. The molecule has 0 radical (unpaired) electrons. The van der Waals surface area contributed by atoms with Crippen LogP contribution in [0.15, 0.2) is 53.6 Å². The van der Waals surface area contributed by atoms with Crippen LogP contribution >= 0.6 is 12.2 Å². The van der Waals surface area contributed by atoms with Crippen molar-refractivity contribution in [3.05, 3.63) is 69.0 Å². The summed E-state index contributed by atoms with van der Waals surface area (Å²) in [5.74, 6) is 1.18. The molecule has 2 aromatic carbocycles. The predicted octanol–water partition coefficient (Wildman–Crippen LogP) is 4.19. The molecular formula is C18H17N5O3S. The first-order chi connectivity index (χ1) is 13.0. The highest BCUT2D eigenvalue weighted by Crippen LogP contribution is 2.23. The van der Waals surface area contributed by atoms with E-state index in [1.807, 2.05) is 38.1 Å². The van der Waals surface area contributed by atoms with Gasteiger partial charge in [0.2, 0.25) is 4.77 Å². The lowest BCUT2D eigenvalue weighted by Gasteiger charge is -2.10. The topological polar surface area (TPSA) is 98.3 Å². The quantitative estimate of drug-likeness (QED) is 0.298. The van der Waals surface area contributed by atoms with Gasteiger partial charge in [-0.1, -0.05) is 24.3 Å². The third-order valence-electron chi connectivity index (χ3n) is 3.56. The first kappa shape index (κ1) is 18.5. The average Bonchev–Trinajstić information content (AvgIpc) is 3.00. The lowest BCUT2D eigenvalue weighted by Crippen LogP contribution is -2.05. The van der Waals surface area contributed by atoms with Crippen LogP contribution in [0.3, 0.4) is 0 Å². The van der Waals surface area contributed by atoms with E-state index >= 15 is 0 Å². The molecule has 0 aliphatic carbocycles. The van der Waals surface area contributed by atoms with E-state index in [0.717, 1.165) is 5.56 Å². The molecule has 0 spiro atoms. The molecule has 3 aromatic rings. The minimum absolute atomic E-state index is 0.0369. The molecule has 1 N–H and O–H groups in total. The first-order valence-corrected chi connectivity index (χ1v) is 8.59. The van der Waals surface area contributed by atoms with Crippen molar-refractivity contribution >= 4 is 24.1 Å². The first-order valence-electron chi connectivity index (χ1n) is 8.18. The van der Waals surface area contributed by atoms with Crippen LogP contribution in [0.2, 0.25) is 0 Å². The molecule has 1 aromatic heterocycles. The van der Waals surface area contributed by atoms with Gasteiger partial charge in [0.05, 0.1) is 22.8 Å². The summed E-state index contributed by atoms with van der Waals surface area (Å²) in [4.78, 5) is 10.7. The van der Waals surface area contributed by atoms with Crippen molar-refractivity contribution in [3.8, 4) is 17.1 Å². The highest BCUT2D eigenvalue weighted by Gasteiger charge is 2.12. The molecular weight excluding hydrogens is 366 g/mol. The van der Waals surface area contributed by atoms with Gasteiger partial charge >= 0.3 is 0 Å². The zero-order chi connectivity index (χ0) is 19.4. The maximum Gasteiger partial charge on any atom is 0.278 e. The van der Waals surface area contributed by atoms with Crippen molar-refractivity contribution in [3.63, 3.8) is 0 Å². The van der Waals surface area contributed by atoms with Crippen LogP contribution in [-0.2, 0) is 0 Å². The summed E-state index contributed by atoms with van der Waals surface area (Å²) in [7, 11) is 0. The summed E-state index contributed by atoms with van der Waals surface area (Å²) in [6.45, 7) is 3.89. The molecule has 0 aliphatic rings. The molecule has 138 valence electrons. The molecule has 1 heterocycles. The molecule has 0 fully saturated rings. The molecule has 3 rings (SSSR count). The van der Waals surface area contributed by atoms with Crippen LogP contribution in [0.5, 0.6) is 5.75 Å². The van der Waals surface area contributed by atoms with Gasteiger partial charge in [0.25, 0.3) is 5.69 Å². The van der Waals surface area contributed by atoms with E-state index in [2.05, 4.69) is 15.3 Å². The normalized spacial score (nSPS) is 11.2. The third kappa shape index (κ3) is 4.26. The Bertz CT molecular complexity index is 1050. The Hall–Kier alpha value is -3.33. The number of ether oxygens (including phenoxy) is 1. The summed E-state index contributed by atoms with van der Waals surface area (Å²) in [5, 5.41) is 22.4. The number of nitrogens with zero attached hydrogens (tertiary/aromatic N) is 4. The Labute approximate surface area is 160 Å². The van der Waals surface area contributed by atoms with E-state index in [1.54, 1.807) is 18.2 Å². The van der Waals surface area contributed by atoms with E-state index in [9.17, 15) is 10.1 Å². The summed E-state index contributed by atoms with van der Waals surface area (Å²) in [5.41, 5.74) is 1.08. The number of para-hydroxylation sites is 1. The monoisotopic (exact) mass is 383 g/mol. The fourth-order valence-electron chi connectivity index (χ4n) is 2.45. The van der Waals surface area contributed by atoms with Gasteiger partial charge < -0.3 is 4.74 Å². The predicted molar refractivity (Wildman–Crippen MR) is 105 cm³/mol. The molecule has 0 atom stereocenters. The third-order valence-corrected chi connectivity index (χ3v) is 3.82. The van der Waals surface area contributed by atoms with Gasteiger partial charge in [0, 0.05) is 11.6 Å². The molecule has 8 nitrogen and oxygen atoms in total. The molecule has 9 heteroatoms. The number of H-pyrrole nitrogens is 1. The summed E-state index contributed by atoms with van der Waals surface area (Å²) >= 11 is 5.24. The van der Waals surface area contributed by atoms with Gasteiger partial charge in [-0.2, -0.15) is 14.9 Å². The zero-order valence-corrected chi connectivity index (χ0v) is 15.5. The van der Waals surface area contributed by atoms with Crippen molar-refractivity contribution in [2.75, 3.05) is 0 Å². The van der Waals surface area contributed by atoms with Gasteiger partial charge in [-0.25, -0.2) is 5.10 Å². The van der Waals surface area contributed by atoms with Crippen molar-refractivity contribution in [1.29, 1.82) is 0 Å². The van der Waals surface area contributed by atoms with Gasteiger partial charge in [-0.05, 0) is 44.3 Å². The SMILES string of the molecule is CC(C)Oc1cccc(-c2n[nH]c(=S)n2/N=C/c2ccccc2[N+](=O)[O-])c1. The van der Waals surface area contributed by atoms with Crippen molar-refractivity contribution < 1.29 is 9.66 Å².